The number of carbonyl (C=O) groups is 1. The van der Waals surface area contributed by atoms with Crippen LogP contribution in [0.4, 0.5) is 29.5 Å². The molecule has 3 rings (SSSR count). The number of benzene rings is 1. The molecule has 2 aromatic rings. The predicted molar refractivity (Wildman–Crippen MR) is 113 cm³/mol. The number of alkyl halides is 3. The van der Waals surface area contributed by atoms with Gasteiger partial charge < -0.3 is 10.6 Å². The normalized spacial score (nSPS) is 17.6. The summed E-state index contributed by atoms with van der Waals surface area (Å²) in [5, 5.41) is 8.37. The SMILES string of the molecule is CCC1CNCCN1Cc1c(NC(=O)Nc2ccc(Br)cn2)cccc1C(F)(F)F. The molecule has 1 atom stereocenters. The van der Waals surface area contributed by atoms with Gasteiger partial charge in [0.1, 0.15) is 5.82 Å². The number of nitrogens with zero attached hydrogens (tertiary/aromatic N) is 2. The minimum atomic E-state index is -4.52. The van der Waals surface area contributed by atoms with Gasteiger partial charge in [-0.15, -0.1) is 0 Å². The third-order valence-electron chi connectivity index (χ3n) is 5.00. The molecule has 0 bridgehead atoms. The molecule has 1 aliphatic heterocycles. The first-order chi connectivity index (χ1) is 14.3. The van der Waals surface area contributed by atoms with Crippen LogP contribution in [0.5, 0.6) is 0 Å². The highest BCUT2D eigenvalue weighted by molar-refractivity contribution is 9.10. The Labute approximate surface area is 181 Å². The summed E-state index contributed by atoms with van der Waals surface area (Å²) in [7, 11) is 0. The Balaban J connectivity index is 1.85. The maximum atomic E-state index is 13.7. The van der Waals surface area contributed by atoms with Gasteiger partial charge in [0.25, 0.3) is 0 Å². The van der Waals surface area contributed by atoms with Crippen molar-refractivity contribution < 1.29 is 18.0 Å². The monoisotopic (exact) mass is 485 g/mol. The summed E-state index contributed by atoms with van der Waals surface area (Å²) < 4.78 is 41.9. The summed E-state index contributed by atoms with van der Waals surface area (Å²) in [5.74, 6) is 0.289. The van der Waals surface area contributed by atoms with E-state index >= 15 is 0 Å². The predicted octanol–water partition coefficient (Wildman–Crippen LogP) is 4.69. The number of carbonyl (C=O) groups excluding carboxylic acids is 1. The summed E-state index contributed by atoms with van der Waals surface area (Å²) in [4.78, 5) is 18.5. The lowest BCUT2D eigenvalue weighted by Crippen LogP contribution is -2.50. The summed E-state index contributed by atoms with van der Waals surface area (Å²) >= 11 is 3.25. The number of pyridine rings is 1. The first-order valence-corrected chi connectivity index (χ1v) is 10.4. The standard InChI is InChI=1S/C20H23BrF3N5O/c1-2-14-11-25-8-9-29(14)12-15-16(20(22,23)24)4-3-5-17(15)27-19(30)28-18-7-6-13(21)10-26-18/h3-7,10,14,25H,2,8-9,11-12H2,1H3,(H2,26,27,28,30). The van der Waals surface area contributed by atoms with E-state index in [4.69, 9.17) is 0 Å². The Hall–Kier alpha value is -2.17. The van der Waals surface area contributed by atoms with Crippen LogP contribution in [0.15, 0.2) is 41.0 Å². The van der Waals surface area contributed by atoms with Crippen molar-refractivity contribution in [3.63, 3.8) is 0 Å². The molecule has 6 nitrogen and oxygen atoms in total. The molecular formula is C20H23BrF3N5O. The van der Waals surface area contributed by atoms with Gasteiger partial charge in [0.15, 0.2) is 0 Å². The number of hydrogen-bond donors (Lipinski definition) is 3. The van der Waals surface area contributed by atoms with Crippen molar-refractivity contribution in [1.82, 2.24) is 15.2 Å². The summed E-state index contributed by atoms with van der Waals surface area (Å²) in [6.07, 6.45) is -2.19. The van der Waals surface area contributed by atoms with Crippen LogP contribution in [0.3, 0.4) is 0 Å². The molecule has 3 N–H and O–H groups in total. The van der Waals surface area contributed by atoms with E-state index in [-0.39, 0.29) is 29.7 Å². The van der Waals surface area contributed by atoms with Gasteiger partial charge in [0.2, 0.25) is 0 Å². The van der Waals surface area contributed by atoms with Crippen molar-refractivity contribution in [3.05, 3.63) is 52.1 Å². The van der Waals surface area contributed by atoms with Crippen molar-refractivity contribution in [1.29, 1.82) is 0 Å². The van der Waals surface area contributed by atoms with E-state index in [9.17, 15) is 18.0 Å². The van der Waals surface area contributed by atoms with Crippen LogP contribution in [0.25, 0.3) is 0 Å². The van der Waals surface area contributed by atoms with E-state index in [1.165, 1.54) is 18.3 Å². The van der Waals surface area contributed by atoms with Crippen molar-refractivity contribution >= 4 is 33.5 Å². The number of urea groups is 1. The van der Waals surface area contributed by atoms with E-state index in [0.29, 0.717) is 13.1 Å². The molecular weight excluding hydrogens is 463 g/mol. The number of aromatic nitrogens is 1. The molecule has 0 radical (unpaired) electrons. The van der Waals surface area contributed by atoms with Gasteiger partial charge in [-0.2, -0.15) is 13.2 Å². The summed E-state index contributed by atoms with van der Waals surface area (Å²) in [5.41, 5.74) is -0.549. The second kappa shape index (κ2) is 9.76. The largest absolute Gasteiger partial charge is 0.416 e. The highest BCUT2D eigenvalue weighted by Gasteiger charge is 2.35. The lowest BCUT2D eigenvalue weighted by molar-refractivity contribution is -0.138. The molecule has 10 heteroatoms. The third-order valence-corrected chi connectivity index (χ3v) is 5.47. The summed E-state index contributed by atoms with van der Waals surface area (Å²) in [6.45, 7) is 4.19. The molecule has 162 valence electrons. The number of piperazine rings is 1. The average Bonchev–Trinajstić information content (AvgIpc) is 2.70. The number of hydrogen-bond acceptors (Lipinski definition) is 4. The molecule has 1 unspecified atom stereocenters. The highest BCUT2D eigenvalue weighted by atomic mass is 79.9. The van der Waals surface area contributed by atoms with Gasteiger partial charge in [0.05, 0.1) is 5.56 Å². The van der Waals surface area contributed by atoms with Crippen molar-refractivity contribution in [2.24, 2.45) is 0 Å². The maximum Gasteiger partial charge on any atom is 0.416 e. The highest BCUT2D eigenvalue weighted by Crippen LogP contribution is 2.36. The van der Waals surface area contributed by atoms with E-state index in [1.54, 1.807) is 12.1 Å². The van der Waals surface area contributed by atoms with Gasteiger partial charge in [-0.25, -0.2) is 9.78 Å². The number of nitrogens with one attached hydrogen (secondary N) is 3. The molecule has 1 aliphatic rings. The molecule has 0 saturated carbocycles. The van der Waals surface area contributed by atoms with Crippen LogP contribution < -0.4 is 16.0 Å². The lowest BCUT2D eigenvalue weighted by atomic mass is 10.0. The summed E-state index contributed by atoms with van der Waals surface area (Å²) in [6, 6.07) is 6.61. The quantitative estimate of drug-likeness (QED) is 0.574. The van der Waals surface area contributed by atoms with Crippen LogP contribution >= 0.6 is 15.9 Å². The fourth-order valence-corrected chi connectivity index (χ4v) is 3.71. The minimum Gasteiger partial charge on any atom is -0.314 e. The molecule has 1 saturated heterocycles. The Morgan fingerprint density at radius 1 is 1.30 bits per heavy atom. The molecule has 30 heavy (non-hydrogen) atoms. The Morgan fingerprint density at radius 2 is 2.10 bits per heavy atom. The van der Waals surface area contributed by atoms with Gasteiger partial charge in [-0.1, -0.05) is 13.0 Å². The molecule has 1 aromatic heterocycles. The minimum absolute atomic E-state index is 0.0595. The zero-order chi connectivity index (χ0) is 21.7. The number of amides is 2. The average molecular weight is 486 g/mol. The molecule has 2 amide bonds. The van der Waals surface area contributed by atoms with E-state index in [1.807, 2.05) is 11.8 Å². The van der Waals surface area contributed by atoms with Crippen LogP contribution in [0.1, 0.15) is 24.5 Å². The van der Waals surface area contributed by atoms with E-state index in [2.05, 4.69) is 36.9 Å². The van der Waals surface area contributed by atoms with Crippen LogP contribution in [-0.2, 0) is 12.7 Å². The van der Waals surface area contributed by atoms with E-state index in [0.717, 1.165) is 23.5 Å². The molecule has 1 aromatic carbocycles. The first kappa shape index (κ1) is 22.5. The van der Waals surface area contributed by atoms with Crippen LogP contribution in [0, 0.1) is 0 Å². The fourth-order valence-electron chi connectivity index (χ4n) is 3.48. The molecule has 1 fully saturated rings. The number of rotatable bonds is 5. The van der Waals surface area contributed by atoms with Gasteiger partial charge in [-0.3, -0.25) is 10.2 Å². The second-order valence-electron chi connectivity index (χ2n) is 7.01. The zero-order valence-electron chi connectivity index (χ0n) is 16.4. The van der Waals surface area contributed by atoms with Crippen molar-refractivity contribution in [2.75, 3.05) is 30.3 Å². The zero-order valence-corrected chi connectivity index (χ0v) is 18.0. The van der Waals surface area contributed by atoms with E-state index < -0.39 is 17.8 Å². The number of anilines is 2. The Bertz CT molecular complexity index is 876. The Morgan fingerprint density at radius 3 is 2.77 bits per heavy atom. The van der Waals surface area contributed by atoms with Crippen molar-refractivity contribution in [3.8, 4) is 0 Å². The lowest BCUT2D eigenvalue weighted by Gasteiger charge is -2.36. The third kappa shape index (κ3) is 5.71. The molecule has 0 spiro atoms. The number of halogens is 4. The maximum absolute atomic E-state index is 13.7. The van der Waals surface area contributed by atoms with Gasteiger partial charge in [0, 0.05) is 54.1 Å². The molecule has 2 heterocycles. The van der Waals surface area contributed by atoms with Crippen molar-refractivity contribution in [2.45, 2.75) is 32.1 Å². The smallest absolute Gasteiger partial charge is 0.314 e. The van der Waals surface area contributed by atoms with Crippen LogP contribution in [-0.4, -0.2) is 41.6 Å². The molecule has 0 aliphatic carbocycles. The van der Waals surface area contributed by atoms with Crippen LogP contribution in [0.2, 0.25) is 0 Å². The first-order valence-electron chi connectivity index (χ1n) is 9.61. The van der Waals surface area contributed by atoms with Gasteiger partial charge >= 0.3 is 12.2 Å². The Kier molecular flexibility index (Phi) is 7.32. The topological polar surface area (TPSA) is 69.3 Å². The fraction of sp³-hybridized carbons (Fsp3) is 0.400. The second-order valence-corrected chi connectivity index (χ2v) is 7.92. The van der Waals surface area contributed by atoms with Gasteiger partial charge in [-0.05, 0) is 46.6 Å².